The Labute approximate surface area is 124 Å². The van der Waals surface area contributed by atoms with Crippen molar-refractivity contribution in [2.75, 3.05) is 11.9 Å². The number of aryl methyl sites for hydroxylation is 1. The molecule has 0 bridgehead atoms. The van der Waals surface area contributed by atoms with E-state index >= 15 is 0 Å². The van der Waals surface area contributed by atoms with Gasteiger partial charge in [0.05, 0.1) is 26.7 Å². The van der Waals surface area contributed by atoms with Crippen molar-refractivity contribution in [1.29, 1.82) is 0 Å². The molecule has 8 heteroatoms. The Kier molecular flexibility index (Phi) is 3.53. The Hall–Kier alpha value is -2.48. The second kappa shape index (κ2) is 5.49. The molecule has 0 fully saturated rings. The van der Waals surface area contributed by atoms with Crippen LogP contribution in [0.25, 0.3) is 10.2 Å². The third-order valence-corrected chi connectivity index (χ3v) is 3.96. The fourth-order valence-corrected chi connectivity index (χ4v) is 2.95. The number of nitrogens with zero attached hydrogens (tertiary/aromatic N) is 4. The molecule has 21 heavy (non-hydrogen) atoms. The van der Waals surface area contributed by atoms with Crippen LogP contribution in [0.1, 0.15) is 5.01 Å². The van der Waals surface area contributed by atoms with Gasteiger partial charge in [-0.25, -0.2) is 4.98 Å². The van der Waals surface area contributed by atoms with Crippen molar-refractivity contribution < 1.29 is 4.92 Å². The van der Waals surface area contributed by atoms with Gasteiger partial charge in [-0.3, -0.25) is 14.8 Å². The van der Waals surface area contributed by atoms with Crippen molar-refractivity contribution in [3.8, 4) is 0 Å². The Bertz CT molecular complexity index is 781. The lowest BCUT2D eigenvalue weighted by Gasteiger charge is -2.07. The van der Waals surface area contributed by atoms with Crippen LogP contribution in [0.3, 0.4) is 0 Å². The number of nitro benzene ring substituents is 1. The Morgan fingerprint density at radius 3 is 3.05 bits per heavy atom. The molecule has 0 aliphatic heterocycles. The average molecular weight is 303 g/mol. The summed E-state index contributed by atoms with van der Waals surface area (Å²) in [6.07, 6.45) is 3.55. The van der Waals surface area contributed by atoms with Gasteiger partial charge < -0.3 is 5.32 Å². The zero-order valence-corrected chi connectivity index (χ0v) is 12.1. The molecule has 0 aliphatic carbocycles. The number of thiazole rings is 1. The first-order valence-corrected chi connectivity index (χ1v) is 7.22. The largest absolute Gasteiger partial charge is 0.378 e. The van der Waals surface area contributed by atoms with Gasteiger partial charge in [-0.1, -0.05) is 0 Å². The summed E-state index contributed by atoms with van der Waals surface area (Å²) in [5.41, 5.74) is 1.35. The summed E-state index contributed by atoms with van der Waals surface area (Å²) in [6.45, 7) is 3.08. The molecule has 108 valence electrons. The van der Waals surface area contributed by atoms with E-state index in [1.165, 1.54) is 11.3 Å². The monoisotopic (exact) mass is 303 g/mol. The van der Waals surface area contributed by atoms with Gasteiger partial charge in [0.25, 0.3) is 5.69 Å². The Morgan fingerprint density at radius 2 is 2.33 bits per heavy atom. The van der Waals surface area contributed by atoms with Gasteiger partial charge in [-0.2, -0.15) is 5.10 Å². The number of hydrogen-bond donors (Lipinski definition) is 1. The number of hydrogen-bond acceptors (Lipinski definition) is 6. The summed E-state index contributed by atoms with van der Waals surface area (Å²) in [4.78, 5) is 15.2. The highest BCUT2D eigenvalue weighted by molar-refractivity contribution is 7.18. The Balaban J connectivity index is 1.84. The van der Waals surface area contributed by atoms with Gasteiger partial charge in [0.1, 0.15) is 5.69 Å². The molecule has 0 unspecified atom stereocenters. The summed E-state index contributed by atoms with van der Waals surface area (Å²) in [5.74, 6) is 0. The van der Waals surface area contributed by atoms with E-state index in [0.29, 0.717) is 18.8 Å². The van der Waals surface area contributed by atoms with Crippen LogP contribution in [0.5, 0.6) is 0 Å². The molecule has 0 spiro atoms. The third-order valence-electron chi connectivity index (χ3n) is 3.03. The molecule has 1 aromatic carbocycles. The van der Waals surface area contributed by atoms with E-state index in [9.17, 15) is 10.1 Å². The maximum absolute atomic E-state index is 11.2. The number of nitrogens with one attached hydrogen (secondary N) is 1. The van der Waals surface area contributed by atoms with E-state index in [4.69, 9.17) is 0 Å². The van der Waals surface area contributed by atoms with E-state index in [1.54, 1.807) is 23.0 Å². The minimum Gasteiger partial charge on any atom is -0.378 e. The highest BCUT2D eigenvalue weighted by Crippen LogP contribution is 2.32. The van der Waals surface area contributed by atoms with E-state index in [2.05, 4.69) is 15.4 Å². The fraction of sp³-hybridized carbons (Fsp3) is 0.231. The summed E-state index contributed by atoms with van der Waals surface area (Å²) < 4.78 is 2.60. The summed E-state index contributed by atoms with van der Waals surface area (Å²) in [6, 6.07) is 5.16. The summed E-state index contributed by atoms with van der Waals surface area (Å²) in [5, 5.41) is 19.3. The van der Waals surface area contributed by atoms with Crippen molar-refractivity contribution in [2.24, 2.45) is 0 Å². The standard InChI is InChI=1S/C13H13N5O2S/c1-9-16-11-7-10(12(18(19)20)8-13(11)21-9)14-4-6-17-5-2-3-15-17/h2-3,5,7-8,14H,4,6H2,1H3. The van der Waals surface area contributed by atoms with E-state index < -0.39 is 0 Å². The van der Waals surface area contributed by atoms with Crippen LogP contribution in [0, 0.1) is 17.0 Å². The predicted molar refractivity (Wildman–Crippen MR) is 81.7 cm³/mol. The normalized spacial score (nSPS) is 10.9. The van der Waals surface area contributed by atoms with E-state index in [-0.39, 0.29) is 10.6 Å². The topological polar surface area (TPSA) is 85.9 Å². The first-order chi connectivity index (χ1) is 10.1. The molecule has 0 aliphatic rings. The van der Waals surface area contributed by atoms with Gasteiger partial charge in [-0.15, -0.1) is 11.3 Å². The number of rotatable bonds is 5. The molecule has 2 heterocycles. The minimum absolute atomic E-state index is 0.0756. The number of benzene rings is 1. The van der Waals surface area contributed by atoms with Crippen LogP contribution < -0.4 is 5.32 Å². The van der Waals surface area contributed by atoms with Crippen LogP contribution in [-0.2, 0) is 6.54 Å². The lowest BCUT2D eigenvalue weighted by molar-refractivity contribution is -0.383. The van der Waals surface area contributed by atoms with Gasteiger partial charge in [-0.05, 0) is 19.1 Å². The highest BCUT2D eigenvalue weighted by atomic mass is 32.1. The van der Waals surface area contributed by atoms with Crippen LogP contribution in [0.15, 0.2) is 30.6 Å². The predicted octanol–water partition coefficient (Wildman–Crippen LogP) is 2.82. The molecule has 0 radical (unpaired) electrons. The molecule has 0 saturated heterocycles. The molecule has 3 rings (SSSR count). The lowest BCUT2D eigenvalue weighted by atomic mass is 10.2. The van der Waals surface area contributed by atoms with Crippen molar-refractivity contribution in [3.05, 3.63) is 45.7 Å². The molecule has 0 amide bonds. The van der Waals surface area contributed by atoms with Crippen molar-refractivity contribution in [1.82, 2.24) is 14.8 Å². The number of nitro groups is 1. The summed E-state index contributed by atoms with van der Waals surface area (Å²) >= 11 is 1.46. The van der Waals surface area contributed by atoms with Crippen molar-refractivity contribution in [2.45, 2.75) is 13.5 Å². The van der Waals surface area contributed by atoms with Gasteiger partial charge >= 0.3 is 0 Å². The van der Waals surface area contributed by atoms with E-state index in [0.717, 1.165) is 15.2 Å². The van der Waals surface area contributed by atoms with Crippen LogP contribution in [-0.4, -0.2) is 26.2 Å². The first kappa shape index (κ1) is 13.5. The number of fused-ring (bicyclic) bond motifs is 1. The molecule has 2 aromatic heterocycles. The van der Waals surface area contributed by atoms with Crippen LogP contribution in [0.4, 0.5) is 11.4 Å². The summed E-state index contributed by atoms with van der Waals surface area (Å²) in [7, 11) is 0. The maximum Gasteiger partial charge on any atom is 0.293 e. The second-order valence-corrected chi connectivity index (χ2v) is 5.76. The molecule has 3 aromatic rings. The Morgan fingerprint density at radius 1 is 1.48 bits per heavy atom. The average Bonchev–Trinajstić information content (AvgIpc) is 3.05. The van der Waals surface area contributed by atoms with Gasteiger partial charge in [0, 0.05) is 25.0 Å². The zero-order chi connectivity index (χ0) is 14.8. The van der Waals surface area contributed by atoms with Crippen molar-refractivity contribution >= 4 is 32.9 Å². The first-order valence-electron chi connectivity index (χ1n) is 6.40. The molecular weight excluding hydrogens is 290 g/mol. The highest BCUT2D eigenvalue weighted by Gasteiger charge is 2.16. The number of anilines is 1. The molecule has 1 N–H and O–H groups in total. The molecule has 7 nitrogen and oxygen atoms in total. The third kappa shape index (κ3) is 2.84. The second-order valence-electron chi connectivity index (χ2n) is 4.52. The van der Waals surface area contributed by atoms with Gasteiger partial charge in [0.15, 0.2) is 0 Å². The fourth-order valence-electron chi connectivity index (χ4n) is 2.11. The minimum atomic E-state index is -0.370. The molecule has 0 atom stereocenters. The van der Waals surface area contributed by atoms with Crippen molar-refractivity contribution in [3.63, 3.8) is 0 Å². The van der Waals surface area contributed by atoms with E-state index in [1.807, 2.05) is 19.2 Å². The molecular formula is C13H13N5O2S. The van der Waals surface area contributed by atoms with Crippen LogP contribution >= 0.6 is 11.3 Å². The van der Waals surface area contributed by atoms with Crippen LogP contribution in [0.2, 0.25) is 0 Å². The SMILES string of the molecule is Cc1nc2cc(NCCn3cccn3)c([N+](=O)[O-])cc2s1. The smallest absolute Gasteiger partial charge is 0.293 e. The lowest BCUT2D eigenvalue weighted by Crippen LogP contribution is -2.11. The number of aromatic nitrogens is 3. The van der Waals surface area contributed by atoms with Gasteiger partial charge in [0.2, 0.25) is 0 Å². The zero-order valence-electron chi connectivity index (χ0n) is 11.3. The molecule has 0 saturated carbocycles. The maximum atomic E-state index is 11.2. The quantitative estimate of drug-likeness (QED) is 0.578.